The van der Waals surface area contributed by atoms with Crippen molar-refractivity contribution < 1.29 is 9.53 Å². The van der Waals surface area contributed by atoms with Gasteiger partial charge in [-0.15, -0.1) is 0 Å². The Morgan fingerprint density at radius 2 is 2.22 bits per heavy atom. The summed E-state index contributed by atoms with van der Waals surface area (Å²) in [4.78, 5) is 16.1. The summed E-state index contributed by atoms with van der Waals surface area (Å²) in [5, 5.41) is 4.08. The van der Waals surface area contributed by atoms with Crippen LogP contribution in [-0.2, 0) is 13.0 Å². The maximum atomic E-state index is 12.0. The van der Waals surface area contributed by atoms with Crippen LogP contribution in [0.5, 0.6) is 5.88 Å². The third-order valence-corrected chi connectivity index (χ3v) is 2.65. The number of methoxy groups -OCH3 is 1. The van der Waals surface area contributed by atoms with Crippen LogP contribution < -0.4 is 4.74 Å². The van der Waals surface area contributed by atoms with Crippen LogP contribution in [0.15, 0.2) is 30.7 Å². The monoisotopic (exact) mass is 245 g/mol. The lowest BCUT2D eigenvalue weighted by Crippen LogP contribution is -2.03. The number of rotatable bonds is 5. The van der Waals surface area contributed by atoms with Gasteiger partial charge in [-0.1, -0.05) is 6.07 Å². The van der Waals surface area contributed by atoms with Crippen LogP contribution in [0.3, 0.4) is 0 Å². The molecule has 5 heteroatoms. The van der Waals surface area contributed by atoms with Gasteiger partial charge in [-0.2, -0.15) is 5.10 Å². The molecule has 0 atom stereocenters. The van der Waals surface area contributed by atoms with Crippen molar-refractivity contribution in [3.8, 4) is 5.88 Å². The van der Waals surface area contributed by atoms with E-state index in [1.807, 2.05) is 13.0 Å². The zero-order valence-corrected chi connectivity index (χ0v) is 10.5. The number of nitrogens with zero attached hydrogens (tertiary/aromatic N) is 3. The topological polar surface area (TPSA) is 57.0 Å². The third-order valence-electron chi connectivity index (χ3n) is 2.65. The molecule has 94 valence electrons. The second kappa shape index (κ2) is 5.44. The van der Waals surface area contributed by atoms with Crippen LogP contribution in [0.1, 0.15) is 22.8 Å². The molecule has 2 aromatic rings. The predicted molar refractivity (Wildman–Crippen MR) is 66.7 cm³/mol. The molecule has 0 amide bonds. The van der Waals surface area contributed by atoms with Crippen LogP contribution >= 0.6 is 0 Å². The van der Waals surface area contributed by atoms with Gasteiger partial charge in [-0.25, -0.2) is 4.98 Å². The van der Waals surface area contributed by atoms with Gasteiger partial charge in [0.1, 0.15) is 0 Å². The fourth-order valence-corrected chi connectivity index (χ4v) is 1.60. The van der Waals surface area contributed by atoms with Crippen molar-refractivity contribution in [2.24, 2.45) is 0 Å². The average Bonchev–Trinajstić information content (AvgIpc) is 2.88. The van der Waals surface area contributed by atoms with E-state index in [0.717, 1.165) is 12.1 Å². The molecule has 0 saturated carbocycles. The maximum absolute atomic E-state index is 12.0. The van der Waals surface area contributed by atoms with Gasteiger partial charge in [0.25, 0.3) is 0 Å². The zero-order valence-electron chi connectivity index (χ0n) is 10.5. The molecular weight excluding hydrogens is 230 g/mol. The van der Waals surface area contributed by atoms with Crippen molar-refractivity contribution in [1.82, 2.24) is 14.8 Å². The number of pyridine rings is 1. The first-order valence-electron chi connectivity index (χ1n) is 5.77. The van der Waals surface area contributed by atoms with E-state index in [-0.39, 0.29) is 5.78 Å². The number of aromatic nitrogens is 3. The van der Waals surface area contributed by atoms with Crippen LogP contribution in [0.25, 0.3) is 0 Å². The molecule has 0 N–H and O–H groups in total. The highest BCUT2D eigenvalue weighted by atomic mass is 16.5. The summed E-state index contributed by atoms with van der Waals surface area (Å²) in [7, 11) is 1.56. The second-order valence-electron chi connectivity index (χ2n) is 3.89. The zero-order chi connectivity index (χ0) is 13.0. The summed E-state index contributed by atoms with van der Waals surface area (Å²) in [5.41, 5.74) is 1.50. The Bertz CT molecular complexity index is 531. The summed E-state index contributed by atoms with van der Waals surface area (Å²) in [6, 6.07) is 3.59. The first-order valence-corrected chi connectivity index (χ1v) is 5.77. The summed E-state index contributed by atoms with van der Waals surface area (Å²) in [6.07, 6.45) is 5.34. The highest BCUT2D eigenvalue weighted by molar-refractivity contribution is 5.97. The molecule has 0 aromatic carbocycles. The Morgan fingerprint density at radius 3 is 2.78 bits per heavy atom. The molecule has 0 fully saturated rings. The number of ketones is 1. The Kier molecular flexibility index (Phi) is 3.72. The number of ether oxygens (including phenoxy) is 1. The lowest BCUT2D eigenvalue weighted by molar-refractivity contribution is 0.0992. The van der Waals surface area contributed by atoms with Crippen LogP contribution in [0.2, 0.25) is 0 Å². The average molecular weight is 245 g/mol. The predicted octanol–water partition coefficient (Wildman–Crippen LogP) is 1.73. The number of aryl methyl sites for hydroxylation is 1. The van der Waals surface area contributed by atoms with Gasteiger partial charge in [0, 0.05) is 31.4 Å². The van der Waals surface area contributed by atoms with Gasteiger partial charge in [-0.3, -0.25) is 9.48 Å². The van der Waals surface area contributed by atoms with E-state index < -0.39 is 0 Å². The quantitative estimate of drug-likeness (QED) is 0.753. The van der Waals surface area contributed by atoms with Gasteiger partial charge >= 0.3 is 0 Å². The van der Waals surface area contributed by atoms with E-state index in [0.29, 0.717) is 17.9 Å². The van der Waals surface area contributed by atoms with E-state index in [1.165, 1.54) is 0 Å². The molecular formula is C13H15N3O2. The van der Waals surface area contributed by atoms with Gasteiger partial charge < -0.3 is 4.74 Å². The molecule has 2 heterocycles. The number of carbonyl (C=O) groups excluding carboxylic acids is 1. The summed E-state index contributed by atoms with van der Waals surface area (Å²) in [5.74, 6) is 0.590. The first-order chi connectivity index (χ1) is 8.72. The lowest BCUT2D eigenvalue weighted by atomic mass is 10.1. The molecule has 0 aliphatic heterocycles. The smallest absolute Gasteiger partial charge is 0.212 e. The number of carbonyl (C=O) groups is 1. The number of hydrogen-bond donors (Lipinski definition) is 0. The van der Waals surface area contributed by atoms with E-state index in [2.05, 4.69) is 10.1 Å². The van der Waals surface area contributed by atoms with Crippen molar-refractivity contribution >= 4 is 5.78 Å². The summed E-state index contributed by atoms with van der Waals surface area (Å²) in [6.45, 7) is 2.74. The maximum Gasteiger partial charge on any atom is 0.212 e. The van der Waals surface area contributed by atoms with E-state index in [4.69, 9.17) is 4.74 Å². The van der Waals surface area contributed by atoms with Crippen LogP contribution in [-0.4, -0.2) is 27.7 Å². The van der Waals surface area contributed by atoms with Gasteiger partial charge in [0.05, 0.1) is 18.9 Å². The van der Waals surface area contributed by atoms with Crippen molar-refractivity contribution in [3.63, 3.8) is 0 Å². The second-order valence-corrected chi connectivity index (χ2v) is 3.89. The molecule has 0 aliphatic carbocycles. The largest absolute Gasteiger partial charge is 0.481 e. The van der Waals surface area contributed by atoms with E-state index in [9.17, 15) is 4.79 Å². The summed E-state index contributed by atoms with van der Waals surface area (Å²) >= 11 is 0. The molecule has 0 radical (unpaired) electrons. The lowest BCUT2D eigenvalue weighted by Gasteiger charge is -2.01. The highest BCUT2D eigenvalue weighted by Crippen LogP contribution is 2.10. The summed E-state index contributed by atoms with van der Waals surface area (Å²) < 4.78 is 6.70. The van der Waals surface area contributed by atoms with Crippen LogP contribution in [0, 0.1) is 0 Å². The highest BCUT2D eigenvalue weighted by Gasteiger charge is 2.09. The van der Waals surface area contributed by atoms with Crippen LogP contribution in [0.4, 0.5) is 0 Å². The van der Waals surface area contributed by atoms with Gasteiger partial charge in [-0.05, 0) is 12.5 Å². The van der Waals surface area contributed by atoms with Crippen molar-refractivity contribution in [2.75, 3.05) is 7.11 Å². The molecule has 0 saturated heterocycles. The standard InChI is InChI=1S/C13H15N3O2/c1-3-16-9-11(8-15-16)12(17)6-10-4-5-13(18-2)14-7-10/h4-5,7-9H,3,6H2,1-2H3. The minimum Gasteiger partial charge on any atom is -0.481 e. The SMILES string of the molecule is CCn1cc(C(=O)Cc2ccc(OC)nc2)cn1. The van der Waals surface area contributed by atoms with E-state index >= 15 is 0 Å². The Labute approximate surface area is 105 Å². The van der Waals surface area contributed by atoms with E-state index in [1.54, 1.807) is 36.4 Å². The fourth-order valence-electron chi connectivity index (χ4n) is 1.60. The molecule has 0 unspecified atom stereocenters. The molecule has 0 aliphatic rings. The normalized spacial score (nSPS) is 10.3. The molecule has 18 heavy (non-hydrogen) atoms. The number of Topliss-reactive ketones (excluding diaryl/α,β-unsaturated/α-hetero) is 1. The Morgan fingerprint density at radius 1 is 1.39 bits per heavy atom. The van der Waals surface area contributed by atoms with Gasteiger partial charge in [0.15, 0.2) is 5.78 Å². The Hall–Kier alpha value is -2.17. The molecule has 0 spiro atoms. The van der Waals surface area contributed by atoms with Crippen molar-refractivity contribution in [1.29, 1.82) is 0 Å². The number of hydrogen-bond acceptors (Lipinski definition) is 4. The molecule has 2 rings (SSSR count). The molecule has 5 nitrogen and oxygen atoms in total. The molecule has 0 bridgehead atoms. The minimum atomic E-state index is 0.0432. The molecule has 2 aromatic heterocycles. The van der Waals surface area contributed by atoms with Crippen molar-refractivity contribution in [2.45, 2.75) is 19.9 Å². The van der Waals surface area contributed by atoms with Crippen molar-refractivity contribution in [3.05, 3.63) is 41.9 Å². The fraction of sp³-hybridized carbons (Fsp3) is 0.308. The Balaban J connectivity index is 2.06. The van der Waals surface area contributed by atoms with Gasteiger partial charge in [0.2, 0.25) is 5.88 Å². The third kappa shape index (κ3) is 2.74. The minimum absolute atomic E-state index is 0.0432. The first kappa shape index (κ1) is 12.3.